The smallest absolute Gasteiger partial charge is 0.0742 e. The molecule has 3 heteroatoms. The monoisotopic (exact) mass is 308 g/mol. The van der Waals surface area contributed by atoms with Gasteiger partial charge in [0.25, 0.3) is 0 Å². The average molecular weight is 308 g/mol. The normalized spacial score (nSPS) is 19.5. The number of hydrogen-bond acceptors (Lipinski definition) is 3. The van der Waals surface area contributed by atoms with Crippen LogP contribution in [0, 0.1) is 0 Å². The van der Waals surface area contributed by atoms with Crippen molar-refractivity contribution in [2.75, 3.05) is 6.54 Å². The van der Waals surface area contributed by atoms with E-state index in [1.54, 1.807) is 0 Å². The Morgan fingerprint density at radius 1 is 0.957 bits per heavy atom. The highest BCUT2D eigenvalue weighted by atomic mass is 16.4. The van der Waals surface area contributed by atoms with Gasteiger partial charge in [-0.2, -0.15) is 0 Å². The van der Waals surface area contributed by atoms with Crippen molar-refractivity contribution < 1.29 is 5.21 Å². The molecule has 0 aromatic heterocycles. The molecule has 23 heavy (non-hydrogen) atoms. The summed E-state index contributed by atoms with van der Waals surface area (Å²) in [6, 6.07) is 21.4. The van der Waals surface area contributed by atoms with E-state index < -0.39 is 0 Å². The molecule has 0 heterocycles. The molecule has 0 spiro atoms. The largest absolute Gasteiger partial charge is 0.411 e. The Balaban J connectivity index is 1.73. The van der Waals surface area contributed by atoms with Gasteiger partial charge in [-0.15, -0.1) is 0 Å². The first kappa shape index (κ1) is 15.8. The fraction of sp³-hybridized carbons (Fsp3) is 0.350. The van der Waals surface area contributed by atoms with E-state index in [-0.39, 0.29) is 6.04 Å². The third-order valence-electron chi connectivity index (χ3n) is 4.62. The van der Waals surface area contributed by atoms with Gasteiger partial charge in [-0.3, -0.25) is 4.90 Å². The van der Waals surface area contributed by atoms with Gasteiger partial charge in [0.05, 0.1) is 11.8 Å². The predicted molar refractivity (Wildman–Crippen MR) is 93.9 cm³/mol. The summed E-state index contributed by atoms with van der Waals surface area (Å²) in [6.07, 6.45) is 4.13. The van der Waals surface area contributed by atoms with Gasteiger partial charge in [0, 0.05) is 13.1 Å². The fourth-order valence-electron chi connectivity index (χ4n) is 3.40. The maximum absolute atomic E-state index is 9.30. The standard InChI is InChI=1S/C20H24N2O/c23-21-19-12-7-13-20(19)22(16-18-10-5-2-6-11-18)15-14-17-8-3-1-4-9-17/h1-6,8-11,20,23H,7,12-16H2. The minimum absolute atomic E-state index is 0.268. The molecular formula is C20H24N2O. The summed E-state index contributed by atoms with van der Waals surface area (Å²) in [5.74, 6) is 0. The molecule has 2 aromatic carbocycles. The summed E-state index contributed by atoms with van der Waals surface area (Å²) >= 11 is 0. The van der Waals surface area contributed by atoms with E-state index in [9.17, 15) is 5.21 Å². The van der Waals surface area contributed by atoms with Crippen molar-refractivity contribution in [2.45, 2.75) is 38.3 Å². The van der Waals surface area contributed by atoms with Crippen molar-refractivity contribution in [3.05, 3.63) is 71.8 Å². The van der Waals surface area contributed by atoms with Crippen molar-refractivity contribution in [1.82, 2.24) is 4.90 Å². The average Bonchev–Trinajstić information content (AvgIpc) is 3.09. The van der Waals surface area contributed by atoms with Crippen LogP contribution >= 0.6 is 0 Å². The number of benzene rings is 2. The lowest BCUT2D eigenvalue weighted by Gasteiger charge is -2.29. The highest BCUT2D eigenvalue weighted by Crippen LogP contribution is 2.23. The lowest BCUT2D eigenvalue weighted by Crippen LogP contribution is -2.39. The summed E-state index contributed by atoms with van der Waals surface area (Å²) < 4.78 is 0. The van der Waals surface area contributed by atoms with E-state index in [2.05, 4.69) is 64.7 Å². The van der Waals surface area contributed by atoms with Crippen molar-refractivity contribution in [2.24, 2.45) is 5.16 Å². The lowest BCUT2D eigenvalue weighted by atomic mass is 10.1. The fourth-order valence-corrected chi connectivity index (χ4v) is 3.40. The lowest BCUT2D eigenvalue weighted by molar-refractivity contribution is 0.228. The van der Waals surface area contributed by atoms with Gasteiger partial charge >= 0.3 is 0 Å². The molecule has 2 aromatic rings. The van der Waals surface area contributed by atoms with Gasteiger partial charge in [0.1, 0.15) is 0 Å². The van der Waals surface area contributed by atoms with E-state index in [0.717, 1.165) is 44.5 Å². The maximum atomic E-state index is 9.30. The van der Waals surface area contributed by atoms with Gasteiger partial charge in [-0.05, 0) is 36.8 Å². The molecule has 0 radical (unpaired) electrons. The minimum atomic E-state index is 0.268. The number of hydrogen-bond donors (Lipinski definition) is 1. The van der Waals surface area contributed by atoms with Crippen LogP contribution in [0.3, 0.4) is 0 Å². The van der Waals surface area contributed by atoms with Crippen LogP contribution in [-0.2, 0) is 13.0 Å². The Labute approximate surface area is 138 Å². The molecule has 120 valence electrons. The van der Waals surface area contributed by atoms with Crippen LogP contribution in [-0.4, -0.2) is 28.4 Å². The number of oxime groups is 1. The zero-order valence-corrected chi connectivity index (χ0v) is 13.4. The summed E-state index contributed by atoms with van der Waals surface area (Å²) in [4.78, 5) is 2.46. The van der Waals surface area contributed by atoms with Gasteiger partial charge in [-0.25, -0.2) is 0 Å². The van der Waals surface area contributed by atoms with E-state index in [1.807, 2.05) is 6.07 Å². The van der Waals surface area contributed by atoms with Crippen molar-refractivity contribution in [1.29, 1.82) is 0 Å². The quantitative estimate of drug-likeness (QED) is 0.644. The molecule has 3 rings (SSSR count). The Bertz CT molecular complexity index is 625. The summed E-state index contributed by atoms with van der Waals surface area (Å²) in [6.45, 7) is 1.87. The van der Waals surface area contributed by atoms with Crippen molar-refractivity contribution in [3.63, 3.8) is 0 Å². The summed E-state index contributed by atoms with van der Waals surface area (Å²) in [7, 11) is 0. The molecule has 1 fully saturated rings. The summed E-state index contributed by atoms with van der Waals surface area (Å²) in [5, 5.41) is 12.9. The van der Waals surface area contributed by atoms with Gasteiger partial charge in [0.2, 0.25) is 0 Å². The highest BCUT2D eigenvalue weighted by molar-refractivity contribution is 5.90. The third kappa shape index (κ3) is 4.20. The molecule has 3 nitrogen and oxygen atoms in total. The molecule has 1 saturated carbocycles. The highest BCUT2D eigenvalue weighted by Gasteiger charge is 2.28. The molecule has 1 atom stereocenters. The predicted octanol–water partition coefficient (Wildman–Crippen LogP) is 4.11. The second-order valence-corrected chi connectivity index (χ2v) is 6.19. The van der Waals surface area contributed by atoms with Crippen LogP contribution in [0.1, 0.15) is 30.4 Å². The van der Waals surface area contributed by atoms with Crippen LogP contribution in [0.5, 0.6) is 0 Å². The molecule has 1 aliphatic carbocycles. The topological polar surface area (TPSA) is 35.8 Å². The first-order valence-corrected chi connectivity index (χ1v) is 8.39. The van der Waals surface area contributed by atoms with Gasteiger partial charge in [0.15, 0.2) is 0 Å². The molecule has 0 bridgehead atoms. The Morgan fingerprint density at radius 3 is 2.26 bits per heavy atom. The second-order valence-electron chi connectivity index (χ2n) is 6.19. The zero-order valence-electron chi connectivity index (χ0n) is 13.4. The number of rotatable bonds is 6. The zero-order chi connectivity index (χ0) is 15.9. The molecule has 1 N–H and O–H groups in total. The van der Waals surface area contributed by atoms with E-state index in [4.69, 9.17) is 0 Å². The Hall–Kier alpha value is -2.13. The Morgan fingerprint density at radius 2 is 1.61 bits per heavy atom. The van der Waals surface area contributed by atoms with Crippen LogP contribution in [0.2, 0.25) is 0 Å². The molecule has 0 saturated heterocycles. The van der Waals surface area contributed by atoms with E-state index in [0.29, 0.717) is 0 Å². The van der Waals surface area contributed by atoms with Crippen molar-refractivity contribution >= 4 is 5.71 Å². The summed E-state index contributed by atoms with van der Waals surface area (Å²) in [5.41, 5.74) is 3.60. The SMILES string of the molecule is ON=C1CCCC1N(CCc1ccccc1)Cc1ccccc1. The first-order valence-electron chi connectivity index (χ1n) is 8.39. The van der Waals surface area contributed by atoms with Crippen molar-refractivity contribution in [3.8, 4) is 0 Å². The number of nitrogens with zero attached hydrogens (tertiary/aromatic N) is 2. The van der Waals surface area contributed by atoms with Gasteiger partial charge < -0.3 is 5.21 Å². The van der Waals surface area contributed by atoms with E-state index >= 15 is 0 Å². The minimum Gasteiger partial charge on any atom is -0.411 e. The molecular weight excluding hydrogens is 284 g/mol. The third-order valence-corrected chi connectivity index (χ3v) is 4.62. The van der Waals surface area contributed by atoms with Crippen LogP contribution in [0.25, 0.3) is 0 Å². The van der Waals surface area contributed by atoms with E-state index in [1.165, 1.54) is 11.1 Å². The molecule has 1 aliphatic rings. The van der Waals surface area contributed by atoms with Gasteiger partial charge in [-0.1, -0.05) is 65.8 Å². The van der Waals surface area contributed by atoms with Crippen LogP contribution < -0.4 is 0 Å². The molecule has 1 unspecified atom stereocenters. The molecule has 0 amide bonds. The second kappa shape index (κ2) is 7.93. The maximum Gasteiger partial charge on any atom is 0.0742 e. The molecule has 0 aliphatic heterocycles. The van der Waals surface area contributed by atoms with Crippen LogP contribution in [0.4, 0.5) is 0 Å². The van der Waals surface area contributed by atoms with Crippen LogP contribution in [0.15, 0.2) is 65.8 Å². The first-order chi connectivity index (χ1) is 11.4. The Kier molecular flexibility index (Phi) is 5.43.